The standard InChI is InChI=1S/C21H25N5O3/c1-16(27)25-12-14-26(15-13-25)21(29)19-5-3-4-18(23-19)20(28)24(2)11-8-17-6-9-22-10-7-17/h3-7,9-10H,8,11-15H2,1-2H3. The van der Waals surface area contributed by atoms with E-state index in [1.807, 2.05) is 12.1 Å². The smallest absolute Gasteiger partial charge is 0.272 e. The lowest BCUT2D eigenvalue weighted by molar-refractivity contribution is -0.130. The van der Waals surface area contributed by atoms with Crippen molar-refractivity contribution >= 4 is 17.7 Å². The zero-order chi connectivity index (χ0) is 20.8. The fourth-order valence-electron chi connectivity index (χ4n) is 3.20. The Morgan fingerprint density at radius 2 is 1.59 bits per heavy atom. The van der Waals surface area contributed by atoms with E-state index in [1.165, 1.54) is 6.92 Å². The van der Waals surface area contributed by atoms with E-state index < -0.39 is 0 Å². The van der Waals surface area contributed by atoms with Crippen LogP contribution in [0.1, 0.15) is 33.5 Å². The third-order valence-electron chi connectivity index (χ3n) is 5.03. The van der Waals surface area contributed by atoms with E-state index in [0.29, 0.717) is 39.1 Å². The molecule has 0 unspecified atom stereocenters. The van der Waals surface area contributed by atoms with Crippen LogP contribution in [-0.2, 0) is 11.2 Å². The molecule has 3 rings (SSSR count). The first kappa shape index (κ1) is 20.4. The number of amides is 3. The Labute approximate surface area is 170 Å². The summed E-state index contributed by atoms with van der Waals surface area (Å²) < 4.78 is 0. The zero-order valence-corrected chi connectivity index (χ0v) is 16.7. The minimum absolute atomic E-state index is 0.0117. The number of hydrogen-bond donors (Lipinski definition) is 0. The van der Waals surface area contributed by atoms with Crippen LogP contribution in [0.3, 0.4) is 0 Å². The van der Waals surface area contributed by atoms with Crippen molar-refractivity contribution in [3.05, 3.63) is 59.7 Å². The molecule has 0 saturated carbocycles. The third-order valence-corrected chi connectivity index (χ3v) is 5.03. The first-order chi connectivity index (χ1) is 14.0. The summed E-state index contributed by atoms with van der Waals surface area (Å²) in [4.78, 5) is 50.2. The summed E-state index contributed by atoms with van der Waals surface area (Å²) in [7, 11) is 1.72. The van der Waals surface area contributed by atoms with Crippen molar-refractivity contribution in [3.63, 3.8) is 0 Å². The summed E-state index contributed by atoms with van der Waals surface area (Å²) in [5, 5.41) is 0. The Morgan fingerprint density at radius 3 is 2.24 bits per heavy atom. The molecule has 2 aromatic heterocycles. The molecule has 0 spiro atoms. The van der Waals surface area contributed by atoms with E-state index in [2.05, 4.69) is 9.97 Å². The second kappa shape index (κ2) is 9.27. The Morgan fingerprint density at radius 1 is 0.966 bits per heavy atom. The van der Waals surface area contributed by atoms with E-state index in [4.69, 9.17) is 0 Å². The van der Waals surface area contributed by atoms with Crippen molar-refractivity contribution in [1.82, 2.24) is 24.7 Å². The molecular weight excluding hydrogens is 370 g/mol. The molecule has 152 valence electrons. The van der Waals surface area contributed by atoms with Gasteiger partial charge < -0.3 is 14.7 Å². The SMILES string of the molecule is CC(=O)N1CCN(C(=O)c2cccc(C(=O)N(C)CCc3ccncc3)n2)CC1. The van der Waals surface area contributed by atoms with Gasteiger partial charge in [0.05, 0.1) is 0 Å². The first-order valence-electron chi connectivity index (χ1n) is 9.62. The lowest BCUT2D eigenvalue weighted by Crippen LogP contribution is -2.50. The number of piperazine rings is 1. The van der Waals surface area contributed by atoms with Crippen LogP contribution in [-0.4, -0.2) is 82.2 Å². The highest BCUT2D eigenvalue weighted by Gasteiger charge is 2.25. The number of aromatic nitrogens is 2. The van der Waals surface area contributed by atoms with Gasteiger partial charge in [-0.2, -0.15) is 0 Å². The van der Waals surface area contributed by atoms with Crippen LogP contribution in [0, 0.1) is 0 Å². The Kier molecular flexibility index (Phi) is 6.54. The van der Waals surface area contributed by atoms with Gasteiger partial charge in [-0.15, -0.1) is 0 Å². The number of carbonyl (C=O) groups is 3. The number of carbonyl (C=O) groups excluding carboxylic acids is 3. The number of rotatable bonds is 5. The van der Waals surface area contributed by atoms with Crippen LogP contribution in [0.15, 0.2) is 42.7 Å². The molecule has 8 nitrogen and oxygen atoms in total. The normalized spacial score (nSPS) is 13.9. The molecule has 0 atom stereocenters. The minimum atomic E-state index is -0.227. The quantitative estimate of drug-likeness (QED) is 0.757. The van der Waals surface area contributed by atoms with Gasteiger partial charge in [0.25, 0.3) is 11.8 Å². The molecule has 1 fully saturated rings. The van der Waals surface area contributed by atoms with Gasteiger partial charge >= 0.3 is 0 Å². The van der Waals surface area contributed by atoms with Crippen molar-refractivity contribution in [2.45, 2.75) is 13.3 Å². The maximum Gasteiger partial charge on any atom is 0.272 e. The monoisotopic (exact) mass is 395 g/mol. The summed E-state index contributed by atoms with van der Waals surface area (Å²) in [6.45, 7) is 4.01. The summed E-state index contributed by atoms with van der Waals surface area (Å²) >= 11 is 0. The topological polar surface area (TPSA) is 86.7 Å². The van der Waals surface area contributed by atoms with Gasteiger partial charge in [0, 0.05) is 59.1 Å². The largest absolute Gasteiger partial charge is 0.340 e. The highest BCUT2D eigenvalue weighted by Crippen LogP contribution is 2.10. The second-order valence-electron chi connectivity index (χ2n) is 7.04. The van der Waals surface area contributed by atoms with Crippen molar-refractivity contribution in [2.75, 3.05) is 39.8 Å². The first-order valence-corrected chi connectivity index (χ1v) is 9.62. The van der Waals surface area contributed by atoms with Crippen molar-refractivity contribution in [1.29, 1.82) is 0 Å². The minimum Gasteiger partial charge on any atom is -0.340 e. The summed E-state index contributed by atoms with van der Waals surface area (Å²) in [6, 6.07) is 8.75. The van der Waals surface area contributed by atoms with E-state index in [-0.39, 0.29) is 29.1 Å². The number of pyridine rings is 2. The van der Waals surface area contributed by atoms with Gasteiger partial charge in [0.2, 0.25) is 5.91 Å². The zero-order valence-electron chi connectivity index (χ0n) is 16.7. The molecule has 0 radical (unpaired) electrons. The average Bonchev–Trinajstić information content (AvgIpc) is 2.77. The van der Waals surface area contributed by atoms with E-state index in [9.17, 15) is 14.4 Å². The van der Waals surface area contributed by atoms with Crippen molar-refractivity contribution in [3.8, 4) is 0 Å². The van der Waals surface area contributed by atoms with Crippen molar-refractivity contribution < 1.29 is 14.4 Å². The van der Waals surface area contributed by atoms with E-state index in [1.54, 1.807) is 52.3 Å². The van der Waals surface area contributed by atoms with Crippen LogP contribution in [0.25, 0.3) is 0 Å². The predicted octanol–water partition coefficient (Wildman–Crippen LogP) is 1.10. The number of nitrogens with zero attached hydrogens (tertiary/aromatic N) is 5. The summed E-state index contributed by atoms with van der Waals surface area (Å²) in [5.74, 6) is -0.435. The van der Waals surface area contributed by atoms with Gasteiger partial charge in [-0.05, 0) is 36.2 Å². The van der Waals surface area contributed by atoms with Gasteiger partial charge in [-0.3, -0.25) is 19.4 Å². The molecule has 1 aliphatic rings. The molecule has 2 aromatic rings. The van der Waals surface area contributed by atoms with Gasteiger partial charge in [-0.1, -0.05) is 6.07 Å². The van der Waals surface area contributed by atoms with Gasteiger partial charge in [-0.25, -0.2) is 4.98 Å². The van der Waals surface area contributed by atoms with Gasteiger partial charge in [0.15, 0.2) is 0 Å². The highest BCUT2D eigenvalue weighted by molar-refractivity contribution is 5.96. The van der Waals surface area contributed by atoms with Crippen LogP contribution in [0.5, 0.6) is 0 Å². The highest BCUT2D eigenvalue weighted by atomic mass is 16.2. The molecule has 1 aliphatic heterocycles. The molecule has 3 amide bonds. The lowest BCUT2D eigenvalue weighted by atomic mass is 10.2. The fraction of sp³-hybridized carbons (Fsp3) is 0.381. The molecule has 29 heavy (non-hydrogen) atoms. The lowest BCUT2D eigenvalue weighted by Gasteiger charge is -2.34. The van der Waals surface area contributed by atoms with Crippen LogP contribution in [0.2, 0.25) is 0 Å². The number of hydrogen-bond acceptors (Lipinski definition) is 5. The Balaban J connectivity index is 1.61. The third kappa shape index (κ3) is 5.16. The van der Waals surface area contributed by atoms with Crippen LogP contribution >= 0.6 is 0 Å². The van der Waals surface area contributed by atoms with E-state index >= 15 is 0 Å². The molecule has 0 aromatic carbocycles. The maximum atomic E-state index is 12.8. The molecule has 0 aliphatic carbocycles. The van der Waals surface area contributed by atoms with Gasteiger partial charge in [0.1, 0.15) is 11.4 Å². The van der Waals surface area contributed by atoms with Crippen LogP contribution < -0.4 is 0 Å². The molecule has 3 heterocycles. The predicted molar refractivity (Wildman–Crippen MR) is 107 cm³/mol. The Hall–Kier alpha value is -3.29. The molecule has 0 bridgehead atoms. The number of likely N-dealkylation sites (N-methyl/N-ethyl adjacent to an activating group) is 1. The Bertz CT molecular complexity index is 879. The molecule has 8 heteroatoms. The second-order valence-corrected chi connectivity index (χ2v) is 7.04. The fourth-order valence-corrected chi connectivity index (χ4v) is 3.20. The van der Waals surface area contributed by atoms with E-state index in [0.717, 1.165) is 5.56 Å². The summed E-state index contributed by atoms with van der Waals surface area (Å²) in [6.07, 6.45) is 4.16. The molecular formula is C21H25N5O3. The van der Waals surface area contributed by atoms with Crippen LogP contribution in [0.4, 0.5) is 0 Å². The molecule has 0 N–H and O–H groups in total. The average molecular weight is 395 g/mol. The van der Waals surface area contributed by atoms with Crippen molar-refractivity contribution in [2.24, 2.45) is 0 Å². The maximum absolute atomic E-state index is 12.8. The summed E-state index contributed by atoms with van der Waals surface area (Å²) in [5.41, 5.74) is 1.59. The molecule has 1 saturated heterocycles.